The number of esters is 1. The summed E-state index contributed by atoms with van der Waals surface area (Å²) in [5, 5.41) is 2.97. The summed E-state index contributed by atoms with van der Waals surface area (Å²) in [6.45, 7) is 4.08. The molecule has 3 amide bonds. The topological polar surface area (TPSA) is 183 Å². The van der Waals surface area contributed by atoms with E-state index in [9.17, 15) is 32.4 Å². The average Bonchev–Trinajstić information content (AvgIpc) is 3.96. The zero-order valence-corrected chi connectivity index (χ0v) is 33.7. The molecule has 1 saturated heterocycles. The van der Waals surface area contributed by atoms with E-state index in [0.29, 0.717) is 41.7 Å². The van der Waals surface area contributed by atoms with E-state index in [2.05, 4.69) is 16.6 Å². The Morgan fingerprint density at radius 3 is 2.42 bits per heavy atom. The van der Waals surface area contributed by atoms with Crippen LogP contribution in [0.15, 0.2) is 35.6 Å². The first-order chi connectivity index (χ1) is 27.4. The van der Waals surface area contributed by atoms with Crippen molar-refractivity contribution in [2.45, 2.75) is 138 Å². The molecular formula is C41H52ClN5O9S. The van der Waals surface area contributed by atoms with Crippen molar-refractivity contribution in [2.24, 2.45) is 23.7 Å². The van der Waals surface area contributed by atoms with Gasteiger partial charge in [-0.25, -0.2) is 8.42 Å². The largest absolute Gasteiger partial charge is 0.462 e. The molecule has 3 heterocycles. The summed E-state index contributed by atoms with van der Waals surface area (Å²) in [4.78, 5) is 76.9. The van der Waals surface area contributed by atoms with Crippen LogP contribution in [0.25, 0.3) is 10.9 Å². The highest BCUT2D eigenvalue weighted by molar-refractivity contribution is 7.91. The minimum atomic E-state index is -3.91. The Bertz CT molecular complexity index is 2120. The molecule has 0 unspecified atom stereocenters. The van der Waals surface area contributed by atoms with Gasteiger partial charge in [-0.15, -0.1) is 6.58 Å². The van der Waals surface area contributed by atoms with Crippen molar-refractivity contribution >= 4 is 56.2 Å². The number of fused-ring (bicyclic) bond motifs is 5. The van der Waals surface area contributed by atoms with Crippen molar-refractivity contribution < 1.29 is 37.1 Å². The smallest absolute Gasteiger partial charge is 0.306 e. The Morgan fingerprint density at radius 2 is 1.68 bits per heavy atom. The summed E-state index contributed by atoms with van der Waals surface area (Å²) in [5.74, 6) is -3.41. The van der Waals surface area contributed by atoms with Crippen molar-refractivity contribution in [2.75, 3.05) is 6.54 Å². The third kappa shape index (κ3) is 8.20. The van der Waals surface area contributed by atoms with Gasteiger partial charge in [0.2, 0.25) is 21.8 Å². The molecule has 4 saturated carbocycles. The summed E-state index contributed by atoms with van der Waals surface area (Å²) in [6, 6.07) is 3.79. The highest BCUT2D eigenvalue weighted by atomic mass is 35.5. The van der Waals surface area contributed by atoms with Gasteiger partial charge in [0, 0.05) is 23.9 Å². The summed E-state index contributed by atoms with van der Waals surface area (Å²) >= 11 is 6.31. The fraction of sp³-hybridized carbons (Fsp3) is 0.659. The van der Waals surface area contributed by atoms with Crippen molar-refractivity contribution in [3.63, 3.8) is 0 Å². The molecule has 4 aliphatic carbocycles. The van der Waals surface area contributed by atoms with Gasteiger partial charge in [0.15, 0.2) is 0 Å². The van der Waals surface area contributed by atoms with Gasteiger partial charge in [0.1, 0.15) is 23.8 Å². The summed E-state index contributed by atoms with van der Waals surface area (Å²) < 4.78 is 41.9. The van der Waals surface area contributed by atoms with Gasteiger partial charge in [-0.3, -0.25) is 33.3 Å². The molecule has 0 radical (unpaired) electrons. The molecule has 7 atom stereocenters. The molecule has 16 heteroatoms. The molecule has 2 aromatic rings. The minimum absolute atomic E-state index is 0.0105. The molecule has 1 aromatic heterocycles. The van der Waals surface area contributed by atoms with Crippen LogP contribution in [0.4, 0.5) is 0 Å². The fourth-order valence-corrected chi connectivity index (χ4v) is 11.3. The van der Waals surface area contributed by atoms with Crippen LogP contribution >= 0.6 is 11.6 Å². The Morgan fingerprint density at radius 1 is 0.947 bits per heavy atom. The predicted molar refractivity (Wildman–Crippen MR) is 211 cm³/mol. The number of sulfonamides is 1. The maximum Gasteiger partial charge on any atom is 0.306 e. The zero-order chi connectivity index (χ0) is 40.1. The first-order valence-corrected chi connectivity index (χ1v) is 22.7. The lowest BCUT2D eigenvalue weighted by atomic mass is 9.86. The Balaban J connectivity index is 1.14. The summed E-state index contributed by atoms with van der Waals surface area (Å²) in [7, 11) is -3.91. The highest BCUT2D eigenvalue weighted by Crippen LogP contribution is 2.46. The van der Waals surface area contributed by atoms with Crippen LogP contribution in [0.2, 0.25) is 5.02 Å². The second-order valence-electron chi connectivity index (χ2n) is 17.1. The number of rotatable bonds is 7. The van der Waals surface area contributed by atoms with Gasteiger partial charge < -0.3 is 19.7 Å². The number of hydrogen-bond acceptors (Lipinski definition) is 10. The quantitative estimate of drug-likeness (QED) is 0.297. The molecule has 5 fully saturated rings. The lowest BCUT2D eigenvalue weighted by Gasteiger charge is -2.32. The monoisotopic (exact) mass is 825 g/mol. The molecule has 6 aliphatic rings. The number of ether oxygens (including phenoxy) is 2. The van der Waals surface area contributed by atoms with Crippen LogP contribution in [0.3, 0.4) is 0 Å². The zero-order valence-electron chi connectivity index (χ0n) is 32.2. The Hall–Kier alpha value is -3.98. The molecule has 308 valence electrons. The minimum Gasteiger partial charge on any atom is -0.462 e. The number of nitrogens with zero attached hydrogens (tertiary/aromatic N) is 3. The lowest BCUT2D eigenvalue weighted by Crippen LogP contribution is -2.57. The van der Waals surface area contributed by atoms with Crippen LogP contribution in [0.5, 0.6) is 6.01 Å². The molecule has 14 nitrogen and oxygen atoms in total. The van der Waals surface area contributed by atoms with Gasteiger partial charge >= 0.3 is 5.97 Å². The van der Waals surface area contributed by atoms with E-state index in [1.54, 1.807) is 18.2 Å². The molecule has 2 aliphatic heterocycles. The number of halogens is 1. The van der Waals surface area contributed by atoms with Crippen LogP contribution in [0, 0.1) is 23.7 Å². The summed E-state index contributed by atoms with van der Waals surface area (Å²) in [6.07, 6.45) is 10.8. The number of carbonyl (C=O) groups is 4. The van der Waals surface area contributed by atoms with Gasteiger partial charge in [0.25, 0.3) is 17.5 Å². The third-order valence-corrected chi connectivity index (χ3v) is 15.3. The van der Waals surface area contributed by atoms with Gasteiger partial charge in [0.05, 0.1) is 35.0 Å². The van der Waals surface area contributed by atoms with Crippen LogP contribution in [-0.2, 0) is 40.5 Å². The first kappa shape index (κ1) is 39.8. The average molecular weight is 826 g/mol. The van der Waals surface area contributed by atoms with E-state index >= 15 is 0 Å². The number of carbonyl (C=O) groups excluding carboxylic acids is 4. The highest BCUT2D eigenvalue weighted by Gasteiger charge is 2.62. The number of amides is 3. The van der Waals surface area contributed by atoms with E-state index in [-0.39, 0.29) is 61.2 Å². The van der Waals surface area contributed by atoms with Gasteiger partial charge in [-0.2, -0.15) is 4.98 Å². The standard InChI is InChI=1S/C41H52ClN5O9S/c1-2-26-22-41(26,39(52)45-57(53,54)29-15-16-29)44-36(49)33-20-28-23-47(33)38(51)31(24-9-5-6-10-24)21-35(48)56-34-13-8-12-25(34)11-4-3-7-18-46-37(50)30-17-14-27(42)19-32(30)43-40(46)55-28/h2,14,17,19,24-26,28-29,31,33-34H,1,3-13,15-16,18,20-23H2,(H,44,49)(H,45,52)/t25-,26+,28-,31+,33+,34-,41-/m1/s1. The number of aromatic nitrogens is 2. The number of nitrogens with one attached hydrogen (secondary N) is 2. The van der Waals surface area contributed by atoms with Crippen LogP contribution in [0.1, 0.15) is 103 Å². The van der Waals surface area contributed by atoms with Crippen molar-refractivity contribution in [1.29, 1.82) is 0 Å². The van der Waals surface area contributed by atoms with Crippen molar-refractivity contribution in [1.82, 2.24) is 24.5 Å². The second kappa shape index (κ2) is 16.0. The molecule has 8 rings (SSSR count). The van der Waals surface area contributed by atoms with Crippen molar-refractivity contribution in [3.8, 4) is 6.01 Å². The predicted octanol–water partition coefficient (Wildman–Crippen LogP) is 4.55. The molecular weight excluding hydrogens is 774 g/mol. The Kier molecular flexibility index (Phi) is 11.2. The maximum absolute atomic E-state index is 14.9. The molecule has 2 bridgehead atoms. The number of benzene rings is 1. The van der Waals surface area contributed by atoms with Crippen molar-refractivity contribution in [3.05, 3.63) is 46.2 Å². The van der Waals surface area contributed by atoms with Crippen LogP contribution in [-0.4, -0.2) is 82.1 Å². The second-order valence-corrected chi connectivity index (χ2v) is 19.5. The lowest BCUT2D eigenvalue weighted by molar-refractivity contribution is -0.156. The van der Waals surface area contributed by atoms with E-state index < -0.39 is 62.6 Å². The molecule has 1 aromatic carbocycles. The van der Waals surface area contributed by atoms with E-state index in [1.165, 1.54) is 15.5 Å². The first-order valence-electron chi connectivity index (χ1n) is 20.7. The Labute approximate surface area is 337 Å². The van der Waals surface area contributed by atoms with E-state index in [0.717, 1.165) is 64.2 Å². The fourth-order valence-electron chi connectivity index (χ4n) is 9.77. The van der Waals surface area contributed by atoms with E-state index in [4.69, 9.17) is 26.1 Å². The van der Waals surface area contributed by atoms with Crippen LogP contribution < -0.4 is 20.3 Å². The maximum atomic E-state index is 14.9. The SMILES string of the molecule is C=C[C@H]1C[C@]1(NC(=O)[C@@H]1C[C@@H]2CN1C(=O)[C@H](C1CCCC1)CC(=O)O[C@@H]1CCC[C@H]1CCCCCn1c(nc3cc(Cl)ccc3c1=O)O2)C(=O)NS(=O)(=O)C1CC1. The van der Waals surface area contributed by atoms with E-state index in [1.807, 2.05) is 0 Å². The third-order valence-electron chi connectivity index (χ3n) is 13.3. The van der Waals surface area contributed by atoms with Gasteiger partial charge in [-0.1, -0.05) is 43.4 Å². The summed E-state index contributed by atoms with van der Waals surface area (Å²) in [5.41, 5.74) is -1.50. The van der Waals surface area contributed by atoms with Gasteiger partial charge in [-0.05, 0) is 94.2 Å². The molecule has 57 heavy (non-hydrogen) atoms. The number of hydrogen-bond donors (Lipinski definition) is 2. The molecule has 0 spiro atoms. The normalized spacial score (nSPS) is 31.4. The molecule has 2 N–H and O–H groups in total.